The zero-order valence-corrected chi connectivity index (χ0v) is 14.7. The first-order chi connectivity index (χ1) is 12.8. The third-order valence-corrected chi connectivity index (χ3v) is 4.62. The number of hydrogen-bond acceptors (Lipinski definition) is 1. The summed E-state index contributed by atoms with van der Waals surface area (Å²) < 4.78 is 42.2. The van der Waals surface area contributed by atoms with E-state index in [4.69, 9.17) is 0 Å². The van der Waals surface area contributed by atoms with Crippen molar-refractivity contribution in [3.05, 3.63) is 70.6 Å². The molecule has 0 atom stereocenters. The van der Waals surface area contributed by atoms with Crippen LogP contribution in [0.3, 0.4) is 0 Å². The quantitative estimate of drug-likeness (QED) is 0.522. The van der Waals surface area contributed by atoms with Crippen molar-refractivity contribution in [3.8, 4) is 5.69 Å². The maximum atomic E-state index is 13.1. The van der Waals surface area contributed by atoms with E-state index in [1.165, 1.54) is 16.8 Å². The molecule has 7 heteroatoms. The second-order valence-corrected chi connectivity index (χ2v) is 6.74. The number of hydrogen-bond donors (Lipinski definition) is 1. The molecule has 0 aliphatic rings. The van der Waals surface area contributed by atoms with Crippen molar-refractivity contribution in [1.29, 1.82) is 0 Å². The van der Waals surface area contributed by atoms with Gasteiger partial charge >= 0.3 is 11.7 Å². The Balaban J connectivity index is 2.07. The lowest BCUT2D eigenvalue weighted by Gasteiger charge is -2.08. The minimum Gasteiger partial charge on any atom is -0.284 e. The third kappa shape index (κ3) is 2.79. The first-order valence-electron chi connectivity index (χ1n) is 8.52. The Kier molecular flexibility index (Phi) is 3.83. The van der Waals surface area contributed by atoms with Crippen LogP contribution in [0.1, 0.15) is 25.5 Å². The summed E-state index contributed by atoms with van der Waals surface area (Å²) in [5.41, 5.74) is -0.00772. The SMILES string of the molecule is CC(C)[n+]1cc2ccccc2c2[nH]n(-c3cccc(C(F)(F)F)c3)c(=O)c21. The summed E-state index contributed by atoms with van der Waals surface area (Å²) in [6, 6.07) is 12.3. The maximum Gasteiger partial charge on any atom is 0.416 e. The number of nitrogens with zero attached hydrogens (tertiary/aromatic N) is 2. The number of fused-ring (bicyclic) bond motifs is 3. The zero-order chi connectivity index (χ0) is 19.3. The minimum atomic E-state index is -4.48. The van der Waals surface area contributed by atoms with E-state index in [0.717, 1.165) is 22.9 Å². The van der Waals surface area contributed by atoms with E-state index in [1.807, 2.05) is 48.9 Å². The molecule has 2 aromatic carbocycles. The van der Waals surface area contributed by atoms with Gasteiger partial charge in [0, 0.05) is 10.8 Å². The number of aromatic amines is 1. The van der Waals surface area contributed by atoms with Crippen molar-refractivity contribution >= 4 is 21.8 Å². The van der Waals surface area contributed by atoms with Crippen LogP contribution in [0.25, 0.3) is 27.5 Å². The van der Waals surface area contributed by atoms with Gasteiger partial charge in [0.25, 0.3) is 5.52 Å². The second kappa shape index (κ2) is 5.97. The zero-order valence-electron chi connectivity index (χ0n) is 14.7. The highest BCUT2D eigenvalue weighted by Gasteiger charge is 2.31. The molecule has 0 saturated heterocycles. The number of pyridine rings is 1. The maximum absolute atomic E-state index is 13.1. The first-order valence-corrected chi connectivity index (χ1v) is 8.52. The molecular formula is C20H17F3N3O+. The third-order valence-electron chi connectivity index (χ3n) is 4.62. The normalized spacial score (nSPS) is 12.4. The molecule has 0 saturated carbocycles. The van der Waals surface area contributed by atoms with Gasteiger partial charge in [-0.25, -0.2) is 4.68 Å². The molecule has 0 fully saturated rings. The van der Waals surface area contributed by atoms with Crippen molar-refractivity contribution in [2.24, 2.45) is 0 Å². The highest BCUT2D eigenvalue weighted by Crippen LogP contribution is 2.30. The van der Waals surface area contributed by atoms with E-state index < -0.39 is 11.7 Å². The van der Waals surface area contributed by atoms with E-state index in [2.05, 4.69) is 5.10 Å². The lowest BCUT2D eigenvalue weighted by molar-refractivity contribution is -0.690. The summed E-state index contributed by atoms with van der Waals surface area (Å²) >= 11 is 0. The summed E-state index contributed by atoms with van der Waals surface area (Å²) in [5.74, 6) is 0. The molecule has 4 nitrogen and oxygen atoms in total. The van der Waals surface area contributed by atoms with Gasteiger partial charge in [-0.1, -0.05) is 24.3 Å². The van der Waals surface area contributed by atoms with E-state index in [9.17, 15) is 18.0 Å². The molecule has 0 amide bonds. The molecule has 4 aromatic rings. The van der Waals surface area contributed by atoms with Gasteiger partial charge in [0.1, 0.15) is 5.52 Å². The Morgan fingerprint density at radius 2 is 1.81 bits per heavy atom. The fraction of sp³-hybridized carbons (Fsp3) is 0.200. The molecule has 0 spiro atoms. The molecule has 0 aliphatic heterocycles. The number of alkyl halides is 3. The molecule has 2 aromatic heterocycles. The summed E-state index contributed by atoms with van der Waals surface area (Å²) in [7, 11) is 0. The second-order valence-electron chi connectivity index (χ2n) is 6.74. The van der Waals surface area contributed by atoms with Crippen LogP contribution in [0.4, 0.5) is 13.2 Å². The smallest absolute Gasteiger partial charge is 0.284 e. The van der Waals surface area contributed by atoms with Gasteiger partial charge in [-0.2, -0.15) is 17.7 Å². The topological polar surface area (TPSA) is 41.7 Å². The van der Waals surface area contributed by atoms with Gasteiger partial charge in [0.2, 0.25) is 0 Å². The van der Waals surface area contributed by atoms with Crippen LogP contribution in [-0.4, -0.2) is 9.78 Å². The predicted molar refractivity (Wildman–Crippen MR) is 97.0 cm³/mol. The average molecular weight is 372 g/mol. The van der Waals surface area contributed by atoms with Crippen molar-refractivity contribution in [3.63, 3.8) is 0 Å². The standard InChI is InChI=1S/C20H16F3N3O/c1-12(2)25-11-13-6-3-4-9-16(13)17-18(25)19(27)26(24-17)15-8-5-7-14(10-15)20(21,22)23/h3-12H,1-2H3/p+1. The summed E-state index contributed by atoms with van der Waals surface area (Å²) in [5, 5.41) is 4.79. The van der Waals surface area contributed by atoms with Crippen LogP contribution in [-0.2, 0) is 6.18 Å². The molecule has 1 N–H and O–H groups in total. The highest BCUT2D eigenvalue weighted by atomic mass is 19.4. The van der Waals surface area contributed by atoms with Gasteiger partial charge in [0.05, 0.1) is 11.3 Å². The van der Waals surface area contributed by atoms with Crippen molar-refractivity contribution < 1.29 is 17.7 Å². The number of halogens is 3. The minimum absolute atomic E-state index is 0.00978. The molecule has 27 heavy (non-hydrogen) atoms. The Hall–Kier alpha value is -3.09. The Morgan fingerprint density at radius 1 is 1.07 bits per heavy atom. The molecule has 0 bridgehead atoms. The Labute approximate surface area is 152 Å². The number of nitrogens with one attached hydrogen (secondary N) is 1. The lowest BCUT2D eigenvalue weighted by atomic mass is 10.1. The molecule has 0 radical (unpaired) electrons. The van der Waals surface area contributed by atoms with Crippen LogP contribution in [0, 0.1) is 0 Å². The van der Waals surface area contributed by atoms with E-state index in [-0.39, 0.29) is 17.3 Å². The molecule has 0 unspecified atom stereocenters. The molecule has 0 aliphatic carbocycles. The van der Waals surface area contributed by atoms with Crippen LogP contribution in [0.5, 0.6) is 0 Å². The van der Waals surface area contributed by atoms with Crippen LogP contribution in [0.15, 0.2) is 59.5 Å². The van der Waals surface area contributed by atoms with Gasteiger partial charge in [-0.15, -0.1) is 0 Å². The molecular weight excluding hydrogens is 355 g/mol. The molecule has 4 rings (SSSR count). The van der Waals surface area contributed by atoms with Crippen molar-refractivity contribution in [2.45, 2.75) is 26.1 Å². The number of H-pyrrole nitrogens is 1. The van der Waals surface area contributed by atoms with E-state index >= 15 is 0 Å². The lowest BCUT2D eigenvalue weighted by Crippen LogP contribution is -2.40. The first kappa shape index (κ1) is 17.3. The monoisotopic (exact) mass is 372 g/mol. The molecule has 2 heterocycles. The van der Waals surface area contributed by atoms with Crippen molar-refractivity contribution in [2.75, 3.05) is 0 Å². The largest absolute Gasteiger partial charge is 0.416 e. The van der Waals surface area contributed by atoms with Crippen LogP contribution in [0.2, 0.25) is 0 Å². The Morgan fingerprint density at radius 3 is 2.52 bits per heavy atom. The number of rotatable bonds is 2. The van der Waals surface area contributed by atoms with Gasteiger partial charge < -0.3 is 0 Å². The Bertz CT molecular complexity index is 1220. The fourth-order valence-electron chi connectivity index (χ4n) is 3.32. The van der Waals surface area contributed by atoms with Gasteiger partial charge in [0.15, 0.2) is 12.2 Å². The van der Waals surface area contributed by atoms with Crippen LogP contribution >= 0.6 is 0 Å². The van der Waals surface area contributed by atoms with E-state index in [0.29, 0.717) is 11.0 Å². The van der Waals surface area contributed by atoms with E-state index in [1.54, 1.807) is 0 Å². The number of aromatic nitrogens is 3. The average Bonchev–Trinajstić information content (AvgIpc) is 2.98. The number of benzene rings is 2. The fourth-order valence-corrected chi connectivity index (χ4v) is 3.32. The van der Waals surface area contributed by atoms with Gasteiger partial charge in [-0.3, -0.25) is 9.89 Å². The summed E-state index contributed by atoms with van der Waals surface area (Å²) in [4.78, 5) is 13.1. The van der Waals surface area contributed by atoms with Gasteiger partial charge in [-0.05, 0) is 38.1 Å². The summed E-state index contributed by atoms with van der Waals surface area (Å²) in [6.07, 6.45) is -2.58. The van der Waals surface area contributed by atoms with Crippen molar-refractivity contribution in [1.82, 2.24) is 9.78 Å². The predicted octanol–water partition coefficient (Wildman–Crippen LogP) is 4.36. The van der Waals surface area contributed by atoms with Crippen LogP contribution < -0.4 is 10.1 Å². The summed E-state index contributed by atoms with van der Waals surface area (Å²) in [6.45, 7) is 3.91. The highest BCUT2D eigenvalue weighted by molar-refractivity contribution is 6.01. The molecule has 138 valence electrons.